The van der Waals surface area contributed by atoms with Crippen LogP contribution in [0.5, 0.6) is 0 Å². The SMILES string of the molecule is O=C1CN(C(=O)c2nn(Cc3ccccc3)c3c2CN(Cc2cc4ccccc4s2)CC3)CCN1. The van der Waals surface area contributed by atoms with Crippen LogP contribution in [0.25, 0.3) is 10.1 Å². The first-order valence-electron chi connectivity index (χ1n) is 12.0. The molecule has 2 aliphatic rings. The van der Waals surface area contributed by atoms with Gasteiger partial charge in [-0.2, -0.15) is 5.10 Å². The fourth-order valence-corrected chi connectivity index (χ4v) is 6.14. The second kappa shape index (κ2) is 9.28. The summed E-state index contributed by atoms with van der Waals surface area (Å²) in [6.07, 6.45) is 0.841. The molecule has 35 heavy (non-hydrogen) atoms. The number of fused-ring (bicyclic) bond motifs is 2. The zero-order valence-corrected chi connectivity index (χ0v) is 20.3. The van der Waals surface area contributed by atoms with E-state index in [2.05, 4.69) is 52.7 Å². The smallest absolute Gasteiger partial charge is 0.275 e. The molecule has 1 fully saturated rings. The molecular formula is C27H27N5O2S. The van der Waals surface area contributed by atoms with Gasteiger partial charge in [-0.1, -0.05) is 48.5 Å². The van der Waals surface area contributed by atoms with Crippen molar-refractivity contribution in [2.24, 2.45) is 0 Å². The fourth-order valence-electron chi connectivity index (χ4n) is 5.04. The van der Waals surface area contributed by atoms with Gasteiger partial charge in [-0.3, -0.25) is 19.2 Å². The molecule has 4 heterocycles. The van der Waals surface area contributed by atoms with E-state index in [1.807, 2.05) is 34.2 Å². The van der Waals surface area contributed by atoms with Crippen molar-refractivity contribution < 1.29 is 9.59 Å². The van der Waals surface area contributed by atoms with Gasteiger partial charge in [0.15, 0.2) is 5.69 Å². The van der Waals surface area contributed by atoms with Crippen LogP contribution < -0.4 is 5.32 Å². The number of piperazine rings is 1. The second-order valence-electron chi connectivity index (χ2n) is 9.20. The zero-order chi connectivity index (χ0) is 23.8. The Balaban J connectivity index is 1.30. The molecule has 2 aliphatic heterocycles. The highest BCUT2D eigenvalue weighted by Crippen LogP contribution is 2.30. The number of aromatic nitrogens is 2. The quantitative estimate of drug-likeness (QED) is 0.471. The fraction of sp³-hybridized carbons (Fsp3) is 0.296. The Morgan fingerprint density at radius 3 is 2.66 bits per heavy atom. The average Bonchev–Trinajstić information content (AvgIpc) is 3.45. The molecule has 8 heteroatoms. The summed E-state index contributed by atoms with van der Waals surface area (Å²) in [5.74, 6) is -0.264. The van der Waals surface area contributed by atoms with Crippen LogP contribution in [-0.2, 0) is 30.8 Å². The third kappa shape index (κ3) is 4.47. The Labute approximate surface area is 208 Å². The molecule has 0 spiro atoms. The summed E-state index contributed by atoms with van der Waals surface area (Å²) >= 11 is 1.83. The molecule has 0 aliphatic carbocycles. The summed E-state index contributed by atoms with van der Waals surface area (Å²) in [6.45, 7) is 4.16. The van der Waals surface area contributed by atoms with Gasteiger partial charge in [-0.15, -0.1) is 11.3 Å². The van der Waals surface area contributed by atoms with E-state index in [0.29, 0.717) is 31.9 Å². The van der Waals surface area contributed by atoms with Crippen LogP contribution in [0.3, 0.4) is 0 Å². The zero-order valence-electron chi connectivity index (χ0n) is 19.4. The lowest BCUT2D eigenvalue weighted by Crippen LogP contribution is -2.50. The van der Waals surface area contributed by atoms with E-state index in [1.54, 1.807) is 4.90 Å². The molecule has 6 rings (SSSR count). The van der Waals surface area contributed by atoms with E-state index >= 15 is 0 Å². The molecule has 4 aromatic rings. The number of hydrogen-bond acceptors (Lipinski definition) is 5. The Kier molecular flexibility index (Phi) is 5.83. The normalized spacial score (nSPS) is 16.3. The lowest BCUT2D eigenvalue weighted by Gasteiger charge is -2.29. The largest absolute Gasteiger partial charge is 0.353 e. The first kappa shape index (κ1) is 22.0. The highest BCUT2D eigenvalue weighted by Gasteiger charge is 2.32. The van der Waals surface area contributed by atoms with Gasteiger partial charge >= 0.3 is 0 Å². The second-order valence-corrected chi connectivity index (χ2v) is 10.4. The Bertz CT molecular complexity index is 1360. The van der Waals surface area contributed by atoms with Gasteiger partial charge < -0.3 is 10.2 Å². The van der Waals surface area contributed by atoms with Gasteiger partial charge in [0.2, 0.25) is 5.91 Å². The molecular weight excluding hydrogens is 458 g/mol. The van der Waals surface area contributed by atoms with Crippen molar-refractivity contribution in [3.8, 4) is 0 Å². The third-order valence-electron chi connectivity index (χ3n) is 6.77. The predicted octanol–water partition coefficient (Wildman–Crippen LogP) is 3.28. The summed E-state index contributed by atoms with van der Waals surface area (Å²) in [5.41, 5.74) is 3.78. The maximum Gasteiger partial charge on any atom is 0.275 e. The number of carbonyl (C=O) groups excluding carboxylic acids is 2. The van der Waals surface area contributed by atoms with Gasteiger partial charge in [0.25, 0.3) is 5.91 Å². The molecule has 2 aromatic carbocycles. The van der Waals surface area contributed by atoms with Crippen molar-refractivity contribution in [3.05, 3.63) is 88.1 Å². The number of hydrogen-bond donors (Lipinski definition) is 1. The standard InChI is InChI=1S/C27H27N5O2S/c33-25-18-31(13-11-28-25)27(34)26-22-17-30(16-21-14-20-8-4-5-9-24(20)35-21)12-10-23(22)32(29-26)15-19-6-2-1-3-7-19/h1-9,14H,10-13,15-18H2,(H,28,33). The number of amides is 2. The molecule has 0 bridgehead atoms. The van der Waals surface area contributed by atoms with Crippen LogP contribution >= 0.6 is 11.3 Å². The molecule has 178 valence electrons. The van der Waals surface area contributed by atoms with Crippen molar-refractivity contribution in [3.63, 3.8) is 0 Å². The summed E-state index contributed by atoms with van der Waals surface area (Å²) in [5, 5.41) is 8.91. The van der Waals surface area contributed by atoms with Crippen LogP contribution in [-0.4, -0.2) is 57.6 Å². The first-order chi connectivity index (χ1) is 17.1. The van der Waals surface area contributed by atoms with E-state index in [0.717, 1.165) is 36.3 Å². The molecule has 1 N–H and O–H groups in total. The maximum atomic E-state index is 13.5. The van der Waals surface area contributed by atoms with Crippen LogP contribution in [0, 0.1) is 0 Å². The molecule has 7 nitrogen and oxygen atoms in total. The molecule has 0 radical (unpaired) electrons. The summed E-state index contributed by atoms with van der Waals surface area (Å²) in [4.78, 5) is 30.8. The summed E-state index contributed by atoms with van der Waals surface area (Å²) < 4.78 is 3.30. The number of nitrogens with zero attached hydrogens (tertiary/aromatic N) is 4. The lowest BCUT2D eigenvalue weighted by molar-refractivity contribution is -0.123. The van der Waals surface area contributed by atoms with E-state index in [9.17, 15) is 9.59 Å². The number of nitrogens with one attached hydrogen (secondary N) is 1. The van der Waals surface area contributed by atoms with Crippen molar-refractivity contribution >= 4 is 33.2 Å². The molecule has 0 unspecified atom stereocenters. The van der Waals surface area contributed by atoms with E-state index in [4.69, 9.17) is 5.10 Å². The van der Waals surface area contributed by atoms with Crippen molar-refractivity contribution in [2.45, 2.75) is 26.1 Å². The minimum Gasteiger partial charge on any atom is -0.353 e. The predicted molar refractivity (Wildman–Crippen MR) is 136 cm³/mol. The molecule has 0 atom stereocenters. The molecule has 1 saturated heterocycles. The van der Waals surface area contributed by atoms with E-state index in [1.165, 1.54) is 15.0 Å². The van der Waals surface area contributed by atoms with E-state index < -0.39 is 0 Å². The Morgan fingerprint density at radius 2 is 1.83 bits per heavy atom. The molecule has 2 amide bonds. The van der Waals surface area contributed by atoms with Crippen LogP contribution in [0.1, 0.15) is 32.2 Å². The minimum absolute atomic E-state index is 0.0879. The van der Waals surface area contributed by atoms with Gasteiger partial charge in [0.1, 0.15) is 0 Å². The van der Waals surface area contributed by atoms with Crippen LogP contribution in [0.2, 0.25) is 0 Å². The van der Waals surface area contributed by atoms with Crippen molar-refractivity contribution in [1.82, 2.24) is 24.9 Å². The lowest BCUT2D eigenvalue weighted by atomic mass is 10.0. The average molecular weight is 486 g/mol. The monoisotopic (exact) mass is 485 g/mol. The number of benzene rings is 2. The van der Waals surface area contributed by atoms with Gasteiger partial charge in [0, 0.05) is 60.0 Å². The minimum atomic E-state index is -0.147. The Morgan fingerprint density at radius 1 is 1.00 bits per heavy atom. The van der Waals surface area contributed by atoms with Crippen LogP contribution in [0.4, 0.5) is 0 Å². The number of rotatable bonds is 5. The van der Waals surface area contributed by atoms with Crippen molar-refractivity contribution in [2.75, 3.05) is 26.2 Å². The maximum absolute atomic E-state index is 13.5. The molecule has 0 saturated carbocycles. The first-order valence-corrected chi connectivity index (χ1v) is 12.8. The molecule has 2 aromatic heterocycles. The Hall–Kier alpha value is -3.49. The summed E-state index contributed by atoms with van der Waals surface area (Å²) in [6, 6.07) is 21.0. The number of carbonyl (C=O) groups is 2. The summed E-state index contributed by atoms with van der Waals surface area (Å²) in [7, 11) is 0. The van der Waals surface area contributed by atoms with Gasteiger partial charge in [-0.25, -0.2) is 0 Å². The highest BCUT2D eigenvalue weighted by atomic mass is 32.1. The van der Waals surface area contributed by atoms with Gasteiger partial charge in [-0.05, 0) is 23.1 Å². The topological polar surface area (TPSA) is 70.5 Å². The third-order valence-corrected chi connectivity index (χ3v) is 7.87. The van der Waals surface area contributed by atoms with Crippen LogP contribution in [0.15, 0.2) is 60.7 Å². The number of thiophene rings is 1. The van der Waals surface area contributed by atoms with E-state index in [-0.39, 0.29) is 18.4 Å². The van der Waals surface area contributed by atoms with Gasteiger partial charge in [0.05, 0.1) is 13.1 Å². The highest BCUT2D eigenvalue weighted by molar-refractivity contribution is 7.19. The van der Waals surface area contributed by atoms with Crippen molar-refractivity contribution in [1.29, 1.82) is 0 Å².